The molecule has 46 heavy (non-hydrogen) atoms. The molecule has 5 rings (SSSR count). The lowest BCUT2D eigenvalue weighted by Gasteiger charge is -2.33. The molecular formula is C37H39F3N4O2. The van der Waals surface area contributed by atoms with Crippen LogP contribution in [0.4, 0.5) is 24.5 Å². The monoisotopic (exact) mass is 628 g/mol. The molecule has 0 spiro atoms. The van der Waals surface area contributed by atoms with Crippen molar-refractivity contribution >= 4 is 23.2 Å². The number of carbonyl (C=O) groups excluding carboxylic acids is 2. The van der Waals surface area contributed by atoms with Crippen molar-refractivity contribution in [3.05, 3.63) is 120 Å². The minimum Gasteiger partial charge on any atom is -0.382 e. The molecule has 0 saturated heterocycles. The fraction of sp³-hybridized carbons (Fsp3) is 0.297. The standard InChI is InChI=1S/C37H39F3N4O2/c1-2-24-41-36(46)34(26-8-4-3-5-9-26)43-30-20-16-28(17-21-30)42-29-18-22-31(23-19-29)44-35(45)33-11-7-6-10-32(33)25-12-14-27(15-13-25)37(38,39)40/h3-15,18-19,22-23,28,30,34,42-43H,2,16-17,20-21,24H2,1H3,(H,41,46)(H,44,45). The summed E-state index contributed by atoms with van der Waals surface area (Å²) in [6.07, 6.45) is 0.247. The van der Waals surface area contributed by atoms with Crippen molar-refractivity contribution in [2.75, 3.05) is 17.2 Å². The predicted octanol–water partition coefficient (Wildman–Crippen LogP) is 8.20. The zero-order chi connectivity index (χ0) is 32.5. The molecule has 0 heterocycles. The first-order valence-corrected chi connectivity index (χ1v) is 15.7. The Bertz CT molecular complexity index is 1580. The van der Waals surface area contributed by atoms with Crippen LogP contribution in [0.3, 0.4) is 0 Å². The molecule has 0 aromatic heterocycles. The largest absolute Gasteiger partial charge is 0.416 e. The maximum Gasteiger partial charge on any atom is 0.416 e. The van der Waals surface area contributed by atoms with Gasteiger partial charge in [-0.05, 0) is 91.3 Å². The third-order valence-corrected chi connectivity index (χ3v) is 8.28. The van der Waals surface area contributed by atoms with Gasteiger partial charge in [-0.25, -0.2) is 0 Å². The Morgan fingerprint density at radius 3 is 2.02 bits per heavy atom. The molecule has 1 fully saturated rings. The number of nitrogens with one attached hydrogen (secondary N) is 4. The molecule has 1 saturated carbocycles. The van der Waals surface area contributed by atoms with Gasteiger partial charge in [0.25, 0.3) is 5.91 Å². The van der Waals surface area contributed by atoms with Gasteiger partial charge in [-0.3, -0.25) is 14.9 Å². The van der Waals surface area contributed by atoms with E-state index >= 15 is 0 Å². The molecule has 9 heteroatoms. The van der Waals surface area contributed by atoms with Gasteiger partial charge in [0, 0.05) is 35.6 Å². The summed E-state index contributed by atoms with van der Waals surface area (Å²) in [5, 5.41) is 13.1. The second kappa shape index (κ2) is 15.1. The van der Waals surface area contributed by atoms with Crippen LogP contribution in [0.1, 0.15) is 66.6 Å². The molecule has 0 bridgehead atoms. The highest BCUT2D eigenvalue weighted by Gasteiger charge is 2.30. The predicted molar refractivity (Wildman–Crippen MR) is 177 cm³/mol. The van der Waals surface area contributed by atoms with Gasteiger partial charge in [-0.1, -0.05) is 67.6 Å². The molecule has 0 radical (unpaired) electrons. The van der Waals surface area contributed by atoms with E-state index in [1.165, 1.54) is 12.1 Å². The van der Waals surface area contributed by atoms with E-state index in [-0.39, 0.29) is 29.9 Å². The Labute approximate surface area is 267 Å². The van der Waals surface area contributed by atoms with Gasteiger partial charge in [0.15, 0.2) is 0 Å². The van der Waals surface area contributed by atoms with E-state index in [4.69, 9.17) is 0 Å². The van der Waals surface area contributed by atoms with Crippen molar-refractivity contribution < 1.29 is 22.8 Å². The summed E-state index contributed by atoms with van der Waals surface area (Å²) >= 11 is 0. The molecule has 1 atom stereocenters. The van der Waals surface area contributed by atoms with E-state index in [1.54, 1.807) is 24.3 Å². The average Bonchev–Trinajstić information content (AvgIpc) is 3.07. The summed E-state index contributed by atoms with van der Waals surface area (Å²) < 4.78 is 39.0. The average molecular weight is 629 g/mol. The maximum absolute atomic E-state index is 13.2. The quantitative estimate of drug-likeness (QED) is 0.135. The number of hydrogen-bond acceptors (Lipinski definition) is 4. The minimum absolute atomic E-state index is 0.00329. The van der Waals surface area contributed by atoms with Crippen molar-refractivity contribution in [3.8, 4) is 11.1 Å². The first-order valence-electron chi connectivity index (χ1n) is 15.7. The number of halogens is 3. The molecule has 6 nitrogen and oxygen atoms in total. The Hall–Kier alpha value is -4.63. The lowest BCUT2D eigenvalue weighted by molar-refractivity contribution is -0.137. The number of rotatable bonds is 11. The van der Waals surface area contributed by atoms with E-state index in [2.05, 4.69) is 21.3 Å². The van der Waals surface area contributed by atoms with Crippen LogP contribution in [0.25, 0.3) is 11.1 Å². The van der Waals surface area contributed by atoms with Crippen LogP contribution < -0.4 is 21.3 Å². The van der Waals surface area contributed by atoms with E-state index in [9.17, 15) is 22.8 Å². The molecule has 2 amide bonds. The summed E-state index contributed by atoms with van der Waals surface area (Å²) in [6, 6.07) is 29.1. The molecule has 4 aromatic rings. The van der Waals surface area contributed by atoms with Crippen LogP contribution in [0.2, 0.25) is 0 Å². The van der Waals surface area contributed by atoms with E-state index in [1.807, 2.05) is 61.5 Å². The summed E-state index contributed by atoms with van der Waals surface area (Å²) in [5.74, 6) is -0.345. The molecule has 1 unspecified atom stereocenters. The lowest BCUT2D eigenvalue weighted by atomic mass is 9.90. The van der Waals surface area contributed by atoms with Gasteiger partial charge in [0.05, 0.1) is 5.56 Å². The third-order valence-electron chi connectivity index (χ3n) is 8.28. The van der Waals surface area contributed by atoms with Gasteiger partial charge < -0.3 is 16.0 Å². The fourth-order valence-electron chi connectivity index (χ4n) is 5.81. The number of hydrogen-bond donors (Lipinski definition) is 4. The Balaban J connectivity index is 1.15. The van der Waals surface area contributed by atoms with Crippen molar-refractivity contribution in [1.29, 1.82) is 0 Å². The summed E-state index contributed by atoms with van der Waals surface area (Å²) in [5.41, 5.74) is 3.23. The molecular weight excluding hydrogens is 589 g/mol. The van der Waals surface area contributed by atoms with Crippen molar-refractivity contribution in [2.45, 2.75) is 63.3 Å². The topological polar surface area (TPSA) is 82.3 Å². The highest BCUT2D eigenvalue weighted by molar-refractivity contribution is 6.08. The summed E-state index contributed by atoms with van der Waals surface area (Å²) in [7, 11) is 0. The van der Waals surface area contributed by atoms with Crippen LogP contribution in [0, 0.1) is 0 Å². The van der Waals surface area contributed by atoms with Gasteiger partial charge >= 0.3 is 6.18 Å². The number of benzene rings is 4. The van der Waals surface area contributed by atoms with Crippen LogP contribution >= 0.6 is 0 Å². The van der Waals surface area contributed by atoms with E-state index < -0.39 is 11.7 Å². The van der Waals surface area contributed by atoms with Gasteiger partial charge in [-0.2, -0.15) is 13.2 Å². The van der Waals surface area contributed by atoms with E-state index in [0.717, 1.165) is 55.5 Å². The number of amides is 2. The second-order valence-electron chi connectivity index (χ2n) is 11.6. The Kier molecular flexibility index (Phi) is 10.8. The van der Waals surface area contributed by atoms with Crippen molar-refractivity contribution in [3.63, 3.8) is 0 Å². The molecule has 240 valence electrons. The first kappa shape index (κ1) is 32.8. The smallest absolute Gasteiger partial charge is 0.382 e. The van der Waals surface area contributed by atoms with Crippen LogP contribution in [0.15, 0.2) is 103 Å². The number of carbonyl (C=O) groups is 2. The first-order chi connectivity index (χ1) is 22.2. The third kappa shape index (κ3) is 8.54. The lowest BCUT2D eigenvalue weighted by Crippen LogP contribution is -2.44. The molecule has 0 aliphatic heterocycles. The minimum atomic E-state index is -4.42. The zero-order valence-electron chi connectivity index (χ0n) is 25.7. The summed E-state index contributed by atoms with van der Waals surface area (Å²) in [4.78, 5) is 26.1. The molecule has 4 N–H and O–H groups in total. The number of alkyl halides is 3. The van der Waals surface area contributed by atoms with Gasteiger partial charge in [0.1, 0.15) is 6.04 Å². The number of anilines is 2. The molecule has 1 aliphatic carbocycles. The second-order valence-corrected chi connectivity index (χ2v) is 11.6. The molecule has 4 aromatic carbocycles. The van der Waals surface area contributed by atoms with Crippen LogP contribution in [-0.4, -0.2) is 30.4 Å². The highest BCUT2D eigenvalue weighted by Crippen LogP contribution is 2.32. The SMILES string of the molecule is CCCNC(=O)C(NC1CCC(Nc2ccc(NC(=O)c3ccccc3-c3ccc(C(F)(F)F)cc3)cc2)CC1)c1ccccc1. The van der Waals surface area contributed by atoms with E-state index in [0.29, 0.717) is 28.9 Å². The van der Waals surface area contributed by atoms with Gasteiger partial charge in [0.2, 0.25) is 5.91 Å². The molecule has 1 aliphatic rings. The van der Waals surface area contributed by atoms with Crippen molar-refractivity contribution in [2.24, 2.45) is 0 Å². The van der Waals surface area contributed by atoms with Crippen LogP contribution in [0.5, 0.6) is 0 Å². The summed E-state index contributed by atoms with van der Waals surface area (Å²) in [6.45, 7) is 2.69. The zero-order valence-corrected chi connectivity index (χ0v) is 25.7. The maximum atomic E-state index is 13.2. The normalized spacial score (nSPS) is 17.1. The van der Waals surface area contributed by atoms with Crippen LogP contribution in [-0.2, 0) is 11.0 Å². The fourth-order valence-corrected chi connectivity index (χ4v) is 5.81. The van der Waals surface area contributed by atoms with Crippen molar-refractivity contribution in [1.82, 2.24) is 10.6 Å². The van der Waals surface area contributed by atoms with Gasteiger partial charge in [-0.15, -0.1) is 0 Å². The highest BCUT2D eigenvalue weighted by atomic mass is 19.4. The Morgan fingerprint density at radius 1 is 0.761 bits per heavy atom. The Morgan fingerprint density at radius 2 is 1.37 bits per heavy atom.